The molecule has 1 N–H and O–H groups in total. The lowest BCUT2D eigenvalue weighted by Crippen LogP contribution is -2.39. The molecule has 0 saturated carbocycles. The summed E-state index contributed by atoms with van der Waals surface area (Å²) in [4.78, 5) is 2.38. The largest absolute Gasteiger partial charge is 0.313 e. The summed E-state index contributed by atoms with van der Waals surface area (Å²) in [6, 6.07) is 7.15. The zero-order valence-corrected chi connectivity index (χ0v) is 12.9. The molecule has 0 radical (unpaired) electrons. The van der Waals surface area contributed by atoms with Crippen molar-refractivity contribution in [3.63, 3.8) is 0 Å². The van der Waals surface area contributed by atoms with Gasteiger partial charge in [0.05, 0.1) is 11.6 Å². The van der Waals surface area contributed by atoms with Crippen LogP contribution in [-0.2, 0) is 6.54 Å². The number of rotatable bonds is 6. The third kappa shape index (κ3) is 4.80. The van der Waals surface area contributed by atoms with E-state index in [9.17, 15) is 9.65 Å². The normalized spacial score (nSPS) is 18.4. The molecule has 114 valence electrons. The van der Waals surface area contributed by atoms with Crippen molar-refractivity contribution in [2.45, 2.75) is 39.3 Å². The van der Waals surface area contributed by atoms with Gasteiger partial charge in [-0.15, -0.1) is 0 Å². The number of nitrogens with zero attached hydrogens (tertiary/aromatic N) is 2. The molecule has 0 spiro atoms. The first-order valence-corrected chi connectivity index (χ1v) is 7.72. The lowest BCUT2D eigenvalue weighted by Gasteiger charge is -2.27. The minimum absolute atomic E-state index is 0.344. The lowest BCUT2D eigenvalue weighted by atomic mass is 10.1. The van der Waals surface area contributed by atoms with Crippen LogP contribution < -0.4 is 5.32 Å². The Morgan fingerprint density at radius 3 is 2.90 bits per heavy atom. The topological polar surface area (TPSA) is 39.1 Å². The van der Waals surface area contributed by atoms with Crippen molar-refractivity contribution in [2.75, 3.05) is 19.6 Å². The van der Waals surface area contributed by atoms with Gasteiger partial charge < -0.3 is 5.32 Å². The number of nitriles is 1. The smallest absolute Gasteiger partial charge is 0.124 e. The van der Waals surface area contributed by atoms with Gasteiger partial charge >= 0.3 is 0 Å². The van der Waals surface area contributed by atoms with Crippen molar-refractivity contribution in [1.82, 2.24) is 10.2 Å². The summed E-state index contributed by atoms with van der Waals surface area (Å²) >= 11 is 0. The molecule has 1 aliphatic heterocycles. The zero-order valence-electron chi connectivity index (χ0n) is 12.9. The molecular weight excluding hydrogens is 265 g/mol. The van der Waals surface area contributed by atoms with Gasteiger partial charge in [0.15, 0.2) is 0 Å². The molecule has 0 bridgehead atoms. The fraction of sp³-hybridized carbons (Fsp3) is 0.588. The van der Waals surface area contributed by atoms with E-state index >= 15 is 0 Å². The maximum absolute atomic E-state index is 13.2. The van der Waals surface area contributed by atoms with Gasteiger partial charge in [-0.25, -0.2) is 4.39 Å². The number of benzene rings is 1. The first kappa shape index (κ1) is 15.9. The Balaban J connectivity index is 2.08. The predicted octanol–water partition coefficient (Wildman–Crippen LogP) is 2.91. The van der Waals surface area contributed by atoms with E-state index in [-0.39, 0.29) is 5.82 Å². The maximum Gasteiger partial charge on any atom is 0.124 e. The average Bonchev–Trinajstić information content (AvgIpc) is 2.92. The van der Waals surface area contributed by atoms with E-state index < -0.39 is 0 Å². The summed E-state index contributed by atoms with van der Waals surface area (Å²) in [5, 5.41) is 12.7. The molecule has 1 aromatic rings. The highest BCUT2D eigenvalue weighted by Gasteiger charge is 2.19. The summed E-state index contributed by atoms with van der Waals surface area (Å²) < 4.78 is 13.2. The highest BCUT2D eigenvalue weighted by molar-refractivity contribution is 5.37. The lowest BCUT2D eigenvalue weighted by molar-refractivity contribution is 0.216. The van der Waals surface area contributed by atoms with Gasteiger partial charge in [0.1, 0.15) is 5.82 Å². The second kappa shape index (κ2) is 7.53. The van der Waals surface area contributed by atoms with Gasteiger partial charge in [0.2, 0.25) is 0 Å². The molecule has 3 nitrogen and oxygen atoms in total. The number of hydrogen-bond acceptors (Lipinski definition) is 3. The minimum Gasteiger partial charge on any atom is -0.313 e. The fourth-order valence-electron chi connectivity index (χ4n) is 2.98. The van der Waals surface area contributed by atoms with Crippen LogP contribution in [-0.4, -0.2) is 30.6 Å². The molecule has 1 aromatic carbocycles. The van der Waals surface area contributed by atoms with Crippen LogP contribution in [0, 0.1) is 23.1 Å². The monoisotopic (exact) mass is 289 g/mol. The van der Waals surface area contributed by atoms with Crippen molar-refractivity contribution < 1.29 is 4.39 Å². The van der Waals surface area contributed by atoms with Crippen LogP contribution in [0.4, 0.5) is 4.39 Å². The summed E-state index contributed by atoms with van der Waals surface area (Å²) in [6.45, 7) is 8.18. The molecule has 21 heavy (non-hydrogen) atoms. The molecule has 0 aliphatic carbocycles. The Morgan fingerprint density at radius 1 is 1.48 bits per heavy atom. The van der Waals surface area contributed by atoms with E-state index in [2.05, 4.69) is 30.1 Å². The fourth-order valence-corrected chi connectivity index (χ4v) is 2.98. The van der Waals surface area contributed by atoms with E-state index in [1.807, 2.05) is 0 Å². The SMILES string of the molecule is CC(C)CN(Cc1ccc(F)cc1C#N)CC1CCCN1. The molecular formula is C17H24FN3. The van der Waals surface area contributed by atoms with E-state index in [1.54, 1.807) is 6.07 Å². The van der Waals surface area contributed by atoms with Crippen LogP contribution in [0.2, 0.25) is 0 Å². The molecule has 1 fully saturated rings. The maximum atomic E-state index is 13.2. The van der Waals surface area contributed by atoms with Crippen LogP contribution in [0.3, 0.4) is 0 Å². The van der Waals surface area contributed by atoms with Gasteiger partial charge in [-0.05, 0) is 43.0 Å². The Morgan fingerprint density at radius 2 is 2.29 bits per heavy atom. The van der Waals surface area contributed by atoms with Crippen LogP contribution >= 0.6 is 0 Å². The number of hydrogen-bond donors (Lipinski definition) is 1. The first-order valence-electron chi connectivity index (χ1n) is 7.72. The molecule has 1 aliphatic rings. The summed E-state index contributed by atoms with van der Waals surface area (Å²) in [5.41, 5.74) is 1.36. The van der Waals surface area contributed by atoms with Crippen LogP contribution in [0.15, 0.2) is 18.2 Å². The quantitative estimate of drug-likeness (QED) is 0.875. The number of halogens is 1. The van der Waals surface area contributed by atoms with Gasteiger partial charge in [-0.1, -0.05) is 19.9 Å². The summed E-state index contributed by atoms with van der Waals surface area (Å²) in [5.74, 6) is 0.223. The highest BCUT2D eigenvalue weighted by Crippen LogP contribution is 2.16. The zero-order chi connectivity index (χ0) is 15.2. The van der Waals surface area contributed by atoms with E-state index in [0.717, 1.165) is 25.2 Å². The van der Waals surface area contributed by atoms with Gasteiger partial charge in [0.25, 0.3) is 0 Å². The molecule has 0 aromatic heterocycles. The van der Waals surface area contributed by atoms with Gasteiger partial charge in [-0.2, -0.15) is 5.26 Å². The molecule has 0 amide bonds. The van der Waals surface area contributed by atoms with Crippen LogP contribution in [0.1, 0.15) is 37.8 Å². The molecule has 4 heteroatoms. The van der Waals surface area contributed by atoms with E-state index in [1.165, 1.54) is 25.0 Å². The highest BCUT2D eigenvalue weighted by atomic mass is 19.1. The third-order valence-electron chi connectivity index (χ3n) is 3.85. The van der Waals surface area contributed by atoms with Crippen molar-refractivity contribution >= 4 is 0 Å². The summed E-state index contributed by atoms with van der Waals surface area (Å²) in [7, 11) is 0. The van der Waals surface area contributed by atoms with Crippen LogP contribution in [0.5, 0.6) is 0 Å². The average molecular weight is 289 g/mol. The molecule has 1 heterocycles. The third-order valence-corrected chi connectivity index (χ3v) is 3.85. The van der Waals surface area contributed by atoms with Crippen LogP contribution in [0.25, 0.3) is 0 Å². The Labute approximate surface area is 126 Å². The predicted molar refractivity (Wildman–Crippen MR) is 82.3 cm³/mol. The minimum atomic E-state index is -0.344. The second-order valence-corrected chi connectivity index (χ2v) is 6.29. The van der Waals surface area contributed by atoms with Crippen molar-refractivity contribution in [3.05, 3.63) is 35.1 Å². The standard InChI is InChI=1S/C17H24FN3/c1-13(2)10-21(12-17-4-3-7-20-17)11-14-5-6-16(18)8-15(14)9-19/h5-6,8,13,17,20H,3-4,7,10-12H2,1-2H3. The van der Waals surface area contributed by atoms with Crippen molar-refractivity contribution in [1.29, 1.82) is 5.26 Å². The van der Waals surface area contributed by atoms with Gasteiger partial charge in [-0.3, -0.25) is 4.90 Å². The number of nitrogens with one attached hydrogen (secondary N) is 1. The Bertz CT molecular complexity index is 501. The molecule has 1 unspecified atom stereocenters. The Kier molecular flexibility index (Phi) is 5.72. The molecule has 1 saturated heterocycles. The summed E-state index contributed by atoms with van der Waals surface area (Å²) in [6.07, 6.45) is 2.45. The van der Waals surface area contributed by atoms with E-state index in [0.29, 0.717) is 24.1 Å². The second-order valence-electron chi connectivity index (χ2n) is 6.29. The van der Waals surface area contributed by atoms with Crippen molar-refractivity contribution in [2.24, 2.45) is 5.92 Å². The first-order chi connectivity index (χ1) is 10.1. The van der Waals surface area contributed by atoms with Crippen molar-refractivity contribution in [3.8, 4) is 6.07 Å². The van der Waals surface area contributed by atoms with E-state index in [4.69, 9.17) is 0 Å². The van der Waals surface area contributed by atoms with Gasteiger partial charge in [0, 0.05) is 25.7 Å². The molecule has 2 rings (SSSR count). The molecule has 1 atom stereocenters. The Hall–Kier alpha value is -1.44.